The molecule has 2 aromatic carbocycles. The summed E-state index contributed by atoms with van der Waals surface area (Å²) in [4.78, 5) is 18.9. The van der Waals surface area contributed by atoms with Crippen LogP contribution in [0.5, 0.6) is 0 Å². The summed E-state index contributed by atoms with van der Waals surface area (Å²) >= 11 is 0. The van der Waals surface area contributed by atoms with Crippen molar-refractivity contribution in [2.24, 2.45) is 0 Å². The highest BCUT2D eigenvalue weighted by atomic mass is 31.2. The van der Waals surface area contributed by atoms with E-state index in [2.05, 4.69) is 5.32 Å². The van der Waals surface area contributed by atoms with E-state index in [-0.39, 0.29) is 5.82 Å². The molecule has 2 aromatic rings. The topological polar surface area (TPSA) is 69.6 Å². The Labute approximate surface area is 127 Å². The van der Waals surface area contributed by atoms with E-state index in [1.54, 1.807) is 12.1 Å². The number of halogens is 2. The van der Waals surface area contributed by atoms with Gasteiger partial charge in [0, 0.05) is 6.54 Å². The summed E-state index contributed by atoms with van der Waals surface area (Å²) in [6.45, 7) is 0.290. The van der Waals surface area contributed by atoms with Gasteiger partial charge >= 0.3 is 7.60 Å². The van der Waals surface area contributed by atoms with Gasteiger partial charge in [0.05, 0.1) is 0 Å². The molecule has 0 amide bonds. The molecule has 0 aliphatic rings. The minimum atomic E-state index is -4.44. The van der Waals surface area contributed by atoms with Crippen LogP contribution < -0.4 is 5.32 Å². The van der Waals surface area contributed by atoms with Gasteiger partial charge in [-0.2, -0.15) is 0 Å². The molecule has 118 valence electrons. The van der Waals surface area contributed by atoms with E-state index in [9.17, 15) is 23.1 Å². The lowest BCUT2D eigenvalue weighted by atomic mass is 10.1. The van der Waals surface area contributed by atoms with Crippen LogP contribution in [0.1, 0.15) is 16.9 Å². The van der Waals surface area contributed by atoms with Gasteiger partial charge in [0.1, 0.15) is 17.4 Å². The van der Waals surface area contributed by atoms with Crippen molar-refractivity contribution in [1.29, 1.82) is 0 Å². The lowest BCUT2D eigenvalue weighted by Crippen LogP contribution is -2.24. The van der Waals surface area contributed by atoms with Crippen molar-refractivity contribution in [2.75, 3.05) is 6.54 Å². The summed E-state index contributed by atoms with van der Waals surface area (Å²) in [5.74, 6) is -2.01. The van der Waals surface area contributed by atoms with Crippen LogP contribution in [-0.2, 0) is 11.0 Å². The normalized spacial score (nSPS) is 13.1. The summed E-state index contributed by atoms with van der Waals surface area (Å²) in [7, 11) is -4.44. The van der Waals surface area contributed by atoms with Gasteiger partial charge < -0.3 is 9.79 Å². The van der Waals surface area contributed by atoms with Crippen LogP contribution in [0, 0.1) is 11.6 Å². The van der Waals surface area contributed by atoms with Crippen LogP contribution in [0.4, 0.5) is 8.78 Å². The first-order valence-electron chi connectivity index (χ1n) is 6.65. The molecule has 0 bridgehead atoms. The zero-order valence-corrected chi connectivity index (χ0v) is 12.5. The lowest BCUT2D eigenvalue weighted by Gasteiger charge is -2.20. The number of hydrogen-bond donors (Lipinski definition) is 3. The van der Waals surface area contributed by atoms with Crippen molar-refractivity contribution in [3.8, 4) is 0 Å². The molecule has 0 spiro atoms. The van der Waals surface area contributed by atoms with E-state index in [4.69, 9.17) is 0 Å². The van der Waals surface area contributed by atoms with Crippen LogP contribution in [0.2, 0.25) is 0 Å². The Balaban J connectivity index is 2.03. The second-order valence-electron chi connectivity index (χ2n) is 4.87. The second-order valence-corrected chi connectivity index (χ2v) is 6.57. The molecular weight excluding hydrogens is 311 g/mol. The molecule has 0 fully saturated rings. The average molecular weight is 327 g/mol. The summed E-state index contributed by atoms with van der Waals surface area (Å²) < 4.78 is 37.3. The van der Waals surface area contributed by atoms with Gasteiger partial charge in [0.2, 0.25) is 0 Å². The van der Waals surface area contributed by atoms with E-state index in [1.807, 2.05) is 0 Å². The maximum atomic E-state index is 12.9. The van der Waals surface area contributed by atoms with Gasteiger partial charge in [-0.1, -0.05) is 24.3 Å². The van der Waals surface area contributed by atoms with E-state index < -0.39 is 19.2 Å². The minimum absolute atomic E-state index is 0.290. The van der Waals surface area contributed by atoms with Gasteiger partial charge in [-0.3, -0.25) is 9.88 Å². The zero-order chi connectivity index (χ0) is 16.2. The Bertz CT molecular complexity index is 655. The van der Waals surface area contributed by atoms with E-state index in [1.165, 1.54) is 24.3 Å². The third-order valence-electron chi connectivity index (χ3n) is 3.19. The Morgan fingerprint density at radius 2 is 1.45 bits per heavy atom. The van der Waals surface area contributed by atoms with Crippen molar-refractivity contribution in [1.82, 2.24) is 5.32 Å². The molecule has 0 aromatic heterocycles. The summed E-state index contributed by atoms with van der Waals surface area (Å²) in [5, 5.41) is 2.78. The highest BCUT2D eigenvalue weighted by molar-refractivity contribution is 7.52. The SMILES string of the molecule is O=P(O)(O)[C@@H](NCCc1ccc(F)cc1)c1ccc(F)cc1. The monoisotopic (exact) mass is 327 g/mol. The molecule has 22 heavy (non-hydrogen) atoms. The van der Waals surface area contributed by atoms with Crippen LogP contribution in [-0.4, -0.2) is 16.3 Å². The molecular formula is C15H16F2NO3P. The minimum Gasteiger partial charge on any atom is -0.323 e. The molecule has 7 heteroatoms. The summed E-state index contributed by atoms with van der Waals surface area (Å²) in [6, 6.07) is 10.9. The molecule has 0 saturated carbocycles. The molecule has 0 aliphatic carbocycles. The molecule has 2 rings (SSSR count). The third kappa shape index (κ3) is 4.71. The van der Waals surface area contributed by atoms with Gasteiger partial charge in [0.25, 0.3) is 0 Å². The lowest BCUT2D eigenvalue weighted by molar-refractivity contribution is 0.348. The highest BCUT2D eigenvalue weighted by Gasteiger charge is 2.29. The molecule has 3 N–H and O–H groups in total. The fourth-order valence-electron chi connectivity index (χ4n) is 2.08. The number of hydrogen-bond acceptors (Lipinski definition) is 2. The molecule has 0 aliphatic heterocycles. The Kier molecular flexibility index (Phi) is 5.42. The first-order chi connectivity index (χ1) is 10.4. The predicted molar refractivity (Wildman–Crippen MR) is 79.3 cm³/mol. The van der Waals surface area contributed by atoms with Gasteiger partial charge in [-0.15, -0.1) is 0 Å². The predicted octanol–water partition coefficient (Wildman–Crippen LogP) is 2.97. The maximum Gasteiger partial charge on any atom is 0.346 e. The molecule has 1 atom stereocenters. The van der Waals surface area contributed by atoms with Crippen molar-refractivity contribution in [3.05, 3.63) is 71.3 Å². The van der Waals surface area contributed by atoms with E-state index in [0.29, 0.717) is 18.5 Å². The number of nitrogens with one attached hydrogen (secondary N) is 1. The smallest absolute Gasteiger partial charge is 0.323 e. The van der Waals surface area contributed by atoms with Crippen LogP contribution in [0.25, 0.3) is 0 Å². The molecule has 0 unspecified atom stereocenters. The second kappa shape index (κ2) is 7.11. The first-order valence-corrected chi connectivity index (χ1v) is 8.33. The average Bonchev–Trinajstić information content (AvgIpc) is 2.46. The van der Waals surface area contributed by atoms with Gasteiger partial charge in [0.15, 0.2) is 0 Å². The maximum absolute atomic E-state index is 12.9. The highest BCUT2D eigenvalue weighted by Crippen LogP contribution is 2.49. The molecule has 0 heterocycles. The van der Waals surface area contributed by atoms with Crippen molar-refractivity contribution >= 4 is 7.60 Å². The molecule has 0 saturated heterocycles. The third-order valence-corrected chi connectivity index (χ3v) is 4.34. The van der Waals surface area contributed by atoms with Crippen molar-refractivity contribution < 1.29 is 23.1 Å². The quantitative estimate of drug-likeness (QED) is 0.714. The molecule has 0 radical (unpaired) electrons. The number of rotatable bonds is 6. The van der Waals surface area contributed by atoms with Crippen LogP contribution in [0.3, 0.4) is 0 Å². The van der Waals surface area contributed by atoms with Crippen molar-refractivity contribution in [2.45, 2.75) is 12.2 Å². The fourth-order valence-corrected chi connectivity index (χ4v) is 3.01. The van der Waals surface area contributed by atoms with Crippen LogP contribution >= 0.6 is 7.60 Å². The fraction of sp³-hybridized carbons (Fsp3) is 0.200. The van der Waals surface area contributed by atoms with E-state index >= 15 is 0 Å². The standard InChI is InChI=1S/C15H16F2NO3P/c16-13-5-1-11(2-6-13)9-10-18-15(22(19,20)21)12-3-7-14(17)8-4-12/h1-8,15,18H,9-10H2,(H2,19,20,21)/t15-/m1/s1. The Morgan fingerprint density at radius 3 is 1.95 bits per heavy atom. The number of benzene rings is 2. The van der Waals surface area contributed by atoms with E-state index in [0.717, 1.165) is 17.7 Å². The van der Waals surface area contributed by atoms with Gasteiger partial charge in [-0.05, 0) is 41.8 Å². The van der Waals surface area contributed by atoms with Gasteiger partial charge in [-0.25, -0.2) is 8.78 Å². The molecule has 4 nitrogen and oxygen atoms in total. The zero-order valence-electron chi connectivity index (χ0n) is 11.6. The summed E-state index contributed by atoms with van der Waals surface area (Å²) in [5.41, 5.74) is 1.16. The largest absolute Gasteiger partial charge is 0.346 e. The van der Waals surface area contributed by atoms with Crippen LogP contribution in [0.15, 0.2) is 48.5 Å². The van der Waals surface area contributed by atoms with Crippen molar-refractivity contribution in [3.63, 3.8) is 0 Å². The Morgan fingerprint density at radius 1 is 0.955 bits per heavy atom. The Hall–Kier alpha value is -1.59. The first kappa shape index (κ1) is 16.8. The summed E-state index contributed by atoms with van der Waals surface area (Å²) in [6.07, 6.45) is 0.484.